The van der Waals surface area contributed by atoms with Crippen LogP contribution >= 0.6 is 34.8 Å². The first kappa shape index (κ1) is 34.9. The number of rotatable bonds is 11. The summed E-state index contributed by atoms with van der Waals surface area (Å²) >= 11 is 16.9. The molecule has 0 radical (unpaired) electrons. The summed E-state index contributed by atoms with van der Waals surface area (Å²) in [4.78, 5) is 64.3. The SMILES string of the molecule is C=CC(C)C(=O)NC(C(=O)NC(CC(=O)OC(C)(C)C)C(=O)N1CCCC(C(=O)OCC(Cl)(Cl)Cl)N1)C(C)C. The molecular weight excluding hydrogens is 575 g/mol. The van der Waals surface area contributed by atoms with Crippen LogP contribution in [0.15, 0.2) is 12.7 Å². The third kappa shape index (κ3) is 12.8. The van der Waals surface area contributed by atoms with E-state index in [2.05, 4.69) is 22.6 Å². The minimum atomic E-state index is -1.80. The lowest BCUT2D eigenvalue weighted by molar-refractivity contribution is -0.160. The van der Waals surface area contributed by atoms with Crippen LogP contribution in [-0.2, 0) is 33.4 Å². The second-order valence-electron chi connectivity index (χ2n) is 10.6. The second-order valence-corrected chi connectivity index (χ2v) is 13.2. The predicted molar refractivity (Wildman–Crippen MR) is 148 cm³/mol. The number of halogens is 3. The van der Waals surface area contributed by atoms with Crippen LogP contribution < -0.4 is 16.1 Å². The highest BCUT2D eigenvalue weighted by atomic mass is 35.6. The molecule has 3 amide bonds. The van der Waals surface area contributed by atoms with Crippen molar-refractivity contribution in [2.24, 2.45) is 11.8 Å². The van der Waals surface area contributed by atoms with Crippen LogP contribution in [0.1, 0.15) is 60.8 Å². The molecule has 1 rings (SSSR count). The summed E-state index contributed by atoms with van der Waals surface area (Å²) in [5, 5.41) is 6.38. The first-order valence-electron chi connectivity index (χ1n) is 12.6. The molecular formula is C25H39Cl3N4O7. The lowest BCUT2D eigenvalue weighted by Crippen LogP contribution is -2.62. The van der Waals surface area contributed by atoms with Crippen molar-refractivity contribution in [2.75, 3.05) is 13.2 Å². The molecule has 1 heterocycles. The van der Waals surface area contributed by atoms with Crippen molar-refractivity contribution in [2.45, 2.75) is 88.3 Å². The van der Waals surface area contributed by atoms with Gasteiger partial charge in [0.1, 0.15) is 30.3 Å². The number of carbonyl (C=O) groups excluding carboxylic acids is 5. The summed E-state index contributed by atoms with van der Waals surface area (Å²) in [5.74, 6) is -4.09. The Morgan fingerprint density at radius 1 is 1.08 bits per heavy atom. The Labute approximate surface area is 244 Å². The Bertz CT molecular complexity index is 918. The maximum atomic E-state index is 13.5. The van der Waals surface area contributed by atoms with Gasteiger partial charge in [0.15, 0.2) is 0 Å². The fraction of sp³-hybridized carbons (Fsp3) is 0.720. The third-order valence-corrected chi connectivity index (χ3v) is 5.86. The van der Waals surface area contributed by atoms with Crippen LogP contribution in [0.25, 0.3) is 0 Å². The van der Waals surface area contributed by atoms with Gasteiger partial charge in [-0.25, -0.2) is 5.43 Å². The first-order valence-corrected chi connectivity index (χ1v) is 13.7. The number of amides is 3. The summed E-state index contributed by atoms with van der Waals surface area (Å²) in [7, 11) is 0. The smallest absolute Gasteiger partial charge is 0.325 e. The van der Waals surface area contributed by atoms with E-state index in [4.69, 9.17) is 44.3 Å². The molecule has 0 aromatic rings. The molecule has 0 saturated carbocycles. The molecule has 1 saturated heterocycles. The highest BCUT2D eigenvalue weighted by Crippen LogP contribution is 2.26. The molecule has 3 N–H and O–H groups in total. The number of nitrogens with zero attached hydrogens (tertiary/aromatic N) is 1. The van der Waals surface area contributed by atoms with Crippen molar-refractivity contribution in [1.82, 2.24) is 21.1 Å². The predicted octanol–water partition coefficient (Wildman–Crippen LogP) is 2.57. The summed E-state index contributed by atoms with van der Waals surface area (Å²) in [5.41, 5.74) is 1.94. The molecule has 0 aromatic heterocycles. The molecule has 4 atom stereocenters. The first-order chi connectivity index (χ1) is 17.8. The second kappa shape index (κ2) is 15.1. The molecule has 0 spiro atoms. The van der Waals surface area contributed by atoms with Crippen LogP contribution in [0.2, 0.25) is 0 Å². The zero-order valence-electron chi connectivity index (χ0n) is 23.1. The summed E-state index contributed by atoms with van der Waals surface area (Å²) in [6.07, 6.45) is 1.72. The number of esters is 2. The van der Waals surface area contributed by atoms with E-state index in [0.29, 0.717) is 12.8 Å². The lowest BCUT2D eigenvalue weighted by Gasteiger charge is -2.35. The Hall–Kier alpha value is -2.08. The van der Waals surface area contributed by atoms with Crippen LogP contribution in [0, 0.1) is 11.8 Å². The highest BCUT2D eigenvalue weighted by molar-refractivity contribution is 6.67. The maximum absolute atomic E-state index is 13.5. The number of hydrazine groups is 1. The van der Waals surface area contributed by atoms with E-state index in [0.717, 1.165) is 5.01 Å². The average molecular weight is 614 g/mol. The molecule has 0 bridgehead atoms. The molecule has 11 nitrogen and oxygen atoms in total. The molecule has 1 aliphatic heterocycles. The van der Waals surface area contributed by atoms with Gasteiger partial charge in [0.05, 0.1) is 12.3 Å². The van der Waals surface area contributed by atoms with Gasteiger partial charge >= 0.3 is 11.9 Å². The van der Waals surface area contributed by atoms with Gasteiger partial charge in [-0.3, -0.25) is 29.0 Å². The highest BCUT2D eigenvalue weighted by Gasteiger charge is 2.37. The molecule has 14 heteroatoms. The van der Waals surface area contributed by atoms with Crippen molar-refractivity contribution in [3.63, 3.8) is 0 Å². The largest absolute Gasteiger partial charge is 0.460 e. The van der Waals surface area contributed by atoms with Crippen molar-refractivity contribution >= 4 is 64.5 Å². The Morgan fingerprint density at radius 3 is 2.21 bits per heavy atom. The van der Waals surface area contributed by atoms with Crippen LogP contribution in [0.3, 0.4) is 0 Å². The van der Waals surface area contributed by atoms with Crippen molar-refractivity contribution in [3.05, 3.63) is 12.7 Å². The maximum Gasteiger partial charge on any atom is 0.325 e. The molecule has 222 valence electrons. The topological polar surface area (TPSA) is 143 Å². The van der Waals surface area contributed by atoms with E-state index in [-0.39, 0.29) is 12.5 Å². The Balaban J connectivity index is 3.11. The summed E-state index contributed by atoms with van der Waals surface area (Å²) in [6.45, 7) is 13.4. The van der Waals surface area contributed by atoms with Crippen LogP contribution in [0.4, 0.5) is 0 Å². The number of nitrogens with one attached hydrogen (secondary N) is 3. The van der Waals surface area contributed by atoms with Gasteiger partial charge in [0, 0.05) is 6.54 Å². The van der Waals surface area contributed by atoms with Gasteiger partial charge in [-0.05, 0) is 39.5 Å². The minimum absolute atomic E-state index is 0.189. The van der Waals surface area contributed by atoms with Crippen LogP contribution in [-0.4, -0.2) is 75.3 Å². The monoisotopic (exact) mass is 612 g/mol. The van der Waals surface area contributed by atoms with E-state index in [1.165, 1.54) is 6.08 Å². The summed E-state index contributed by atoms with van der Waals surface area (Å²) in [6, 6.07) is -3.27. The number of carbonyl (C=O) groups is 5. The lowest BCUT2D eigenvalue weighted by atomic mass is 10.0. The van der Waals surface area contributed by atoms with Crippen molar-refractivity contribution in [3.8, 4) is 0 Å². The molecule has 0 aromatic carbocycles. The number of ether oxygens (including phenoxy) is 2. The minimum Gasteiger partial charge on any atom is -0.460 e. The molecule has 0 aliphatic carbocycles. The van der Waals surface area contributed by atoms with Gasteiger partial charge in [-0.2, -0.15) is 0 Å². The van der Waals surface area contributed by atoms with Gasteiger partial charge in [-0.1, -0.05) is 61.7 Å². The Kier molecular flexibility index (Phi) is 13.5. The van der Waals surface area contributed by atoms with Gasteiger partial charge in [-0.15, -0.1) is 6.58 Å². The average Bonchev–Trinajstić information content (AvgIpc) is 2.82. The molecule has 4 unspecified atom stereocenters. The molecule has 1 aliphatic rings. The van der Waals surface area contributed by atoms with Gasteiger partial charge < -0.3 is 20.1 Å². The van der Waals surface area contributed by atoms with Crippen molar-refractivity contribution < 1.29 is 33.4 Å². The fourth-order valence-electron chi connectivity index (χ4n) is 3.49. The van der Waals surface area contributed by atoms with E-state index in [1.54, 1.807) is 41.5 Å². The quantitative estimate of drug-likeness (QED) is 0.183. The van der Waals surface area contributed by atoms with Gasteiger partial charge in [0.2, 0.25) is 15.6 Å². The van der Waals surface area contributed by atoms with E-state index in [9.17, 15) is 24.0 Å². The molecule has 39 heavy (non-hydrogen) atoms. The van der Waals surface area contributed by atoms with E-state index < -0.39 is 76.1 Å². The fourth-order valence-corrected chi connectivity index (χ4v) is 3.66. The normalized spacial score (nSPS) is 18.4. The van der Waals surface area contributed by atoms with E-state index in [1.807, 2.05) is 0 Å². The van der Waals surface area contributed by atoms with Crippen molar-refractivity contribution in [1.29, 1.82) is 0 Å². The summed E-state index contributed by atoms with van der Waals surface area (Å²) < 4.78 is 8.57. The standard InChI is InChI=1S/C25H39Cl3N4O7/c1-8-15(4)20(34)30-19(14(2)3)21(35)29-17(12-18(33)39-24(5,6)7)22(36)32-11-9-10-16(31-32)23(37)38-13-25(26,27)28/h8,14-17,19,31H,1,9-13H2,2-7H3,(H,29,35)(H,30,34). The van der Waals surface area contributed by atoms with Gasteiger partial charge in [0.25, 0.3) is 5.91 Å². The number of hydrogen-bond donors (Lipinski definition) is 3. The molecule has 1 fully saturated rings. The number of alkyl halides is 3. The zero-order valence-corrected chi connectivity index (χ0v) is 25.4. The van der Waals surface area contributed by atoms with E-state index >= 15 is 0 Å². The van der Waals surface area contributed by atoms with Crippen LogP contribution in [0.5, 0.6) is 0 Å². The number of hydrogen-bond acceptors (Lipinski definition) is 8. The zero-order chi connectivity index (χ0) is 30.1. The third-order valence-electron chi connectivity index (χ3n) is 5.53. The Morgan fingerprint density at radius 2 is 1.69 bits per heavy atom.